The van der Waals surface area contributed by atoms with Crippen LogP contribution in [0.3, 0.4) is 0 Å². The Morgan fingerprint density at radius 2 is 1.78 bits per heavy atom. The molecule has 0 saturated carbocycles. The molecule has 0 radical (unpaired) electrons. The van der Waals surface area contributed by atoms with Crippen LogP contribution in [0.5, 0.6) is 0 Å². The van der Waals surface area contributed by atoms with Crippen LogP contribution < -0.4 is 21.2 Å². The zero-order valence-corrected chi connectivity index (χ0v) is 15.3. The number of anilines is 1. The Hall–Kier alpha value is -2.61. The van der Waals surface area contributed by atoms with Gasteiger partial charge in [0.25, 0.3) is 0 Å². The molecule has 2 aromatic rings. The molecule has 2 bridgehead atoms. The second kappa shape index (κ2) is 5.95. The molecule has 2 amide bonds. The summed E-state index contributed by atoms with van der Waals surface area (Å²) >= 11 is 0. The Balaban J connectivity index is 1.68. The van der Waals surface area contributed by atoms with Gasteiger partial charge in [0.1, 0.15) is 6.04 Å². The number of aryl methyl sites for hydroxylation is 1. The molecule has 1 aromatic heterocycles. The molecule has 3 saturated heterocycles. The summed E-state index contributed by atoms with van der Waals surface area (Å²) in [4.78, 5) is 39.4. The first-order chi connectivity index (χ1) is 13.1. The van der Waals surface area contributed by atoms with Crippen molar-refractivity contribution >= 4 is 28.5 Å². The number of benzene rings is 1. The molecule has 3 aliphatic rings. The van der Waals surface area contributed by atoms with Gasteiger partial charge in [-0.15, -0.1) is 0 Å². The largest absolute Gasteiger partial charge is 0.361 e. The van der Waals surface area contributed by atoms with E-state index >= 15 is 0 Å². The molecule has 1 aromatic carbocycles. The number of carbonyl (C=O) groups is 2. The number of amides is 2. The van der Waals surface area contributed by atoms with Gasteiger partial charge < -0.3 is 10.2 Å². The second-order valence-corrected chi connectivity index (χ2v) is 7.77. The van der Waals surface area contributed by atoms with Crippen LogP contribution in [0.2, 0.25) is 0 Å². The third-order valence-corrected chi connectivity index (χ3v) is 6.26. The van der Waals surface area contributed by atoms with Crippen molar-refractivity contribution in [3.05, 3.63) is 28.7 Å². The van der Waals surface area contributed by atoms with Gasteiger partial charge in [-0.05, 0) is 31.4 Å². The van der Waals surface area contributed by atoms with Crippen molar-refractivity contribution in [3.63, 3.8) is 0 Å². The molecule has 3 atom stereocenters. The molecule has 8 heteroatoms. The number of hydrogen-bond acceptors (Lipinski definition) is 5. The normalized spacial score (nSPS) is 28.0. The van der Waals surface area contributed by atoms with Crippen molar-refractivity contribution in [2.45, 2.75) is 43.8 Å². The van der Waals surface area contributed by atoms with Crippen molar-refractivity contribution in [2.24, 2.45) is 7.05 Å². The lowest BCUT2D eigenvalue weighted by atomic mass is 10.1. The highest BCUT2D eigenvalue weighted by atomic mass is 16.2. The fraction of sp³-hybridized carbons (Fsp3) is 0.526. The van der Waals surface area contributed by atoms with E-state index in [2.05, 4.69) is 21.6 Å². The summed E-state index contributed by atoms with van der Waals surface area (Å²) in [6.45, 7) is 1.91. The second-order valence-electron chi connectivity index (χ2n) is 7.77. The van der Waals surface area contributed by atoms with E-state index in [0.29, 0.717) is 18.5 Å². The third kappa shape index (κ3) is 2.36. The molecule has 8 nitrogen and oxygen atoms in total. The van der Waals surface area contributed by atoms with E-state index < -0.39 is 11.9 Å². The predicted molar refractivity (Wildman–Crippen MR) is 101 cm³/mol. The molecular formula is C19H23N5O3. The minimum absolute atomic E-state index is 0.213. The number of aromatic nitrogens is 2. The van der Waals surface area contributed by atoms with Crippen molar-refractivity contribution in [1.29, 1.82) is 0 Å². The number of piperidine rings is 1. The van der Waals surface area contributed by atoms with Crippen molar-refractivity contribution < 1.29 is 9.59 Å². The quantitative estimate of drug-likeness (QED) is 0.742. The number of imidazole rings is 1. The number of imide groups is 1. The highest BCUT2D eigenvalue weighted by Crippen LogP contribution is 2.37. The fourth-order valence-electron chi connectivity index (χ4n) is 5.03. The number of hydrogen-bond donors (Lipinski definition) is 2. The summed E-state index contributed by atoms with van der Waals surface area (Å²) in [6, 6.07) is 6.16. The van der Waals surface area contributed by atoms with Gasteiger partial charge in [0.2, 0.25) is 11.8 Å². The Bertz CT molecular complexity index is 991. The lowest BCUT2D eigenvalue weighted by Gasteiger charge is -2.37. The Kier molecular flexibility index (Phi) is 3.65. The molecular weight excluding hydrogens is 346 g/mol. The summed E-state index contributed by atoms with van der Waals surface area (Å²) in [7, 11) is 1.76. The van der Waals surface area contributed by atoms with Crippen LogP contribution in [0, 0.1) is 0 Å². The highest BCUT2D eigenvalue weighted by Gasteiger charge is 2.38. The Labute approximate surface area is 156 Å². The first-order valence-corrected chi connectivity index (χ1v) is 9.59. The van der Waals surface area contributed by atoms with E-state index in [9.17, 15) is 14.4 Å². The topological polar surface area (TPSA) is 88.4 Å². The average Bonchev–Trinajstić information content (AvgIpc) is 3.05. The molecule has 4 heterocycles. The number of fused-ring (bicyclic) bond motifs is 3. The van der Waals surface area contributed by atoms with Gasteiger partial charge in [0.05, 0.1) is 16.7 Å². The van der Waals surface area contributed by atoms with Gasteiger partial charge in [0.15, 0.2) is 0 Å². The molecule has 2 N–H and O–H groups in total. The predicted octanol–water partition coefficient (Wildman–Crippen LogP) is 0.258. The van der Waals surface area contributed by atoms with Crippen LogP contribution in [0.15, 0.2) is 23.0 Å². The van der Waals surface area contributed by atoms with Crippen LogP contribution in [-0.2, 0) is 16.6 Å². The lowest BCUT2D eigenvalue weighted by Crippen LogP contribution is -2.52. The van der Waals surface area contributed by atoms with Gasteiger partial charge >= 0.3 is 5.69 Å². The molecule has 0 spiro atoms. The highest BCUT2D eigenvalue weighted by molar-refractivity contribution is 6.00. The van der Waals surface area contributed by atoms with Gasteiger partial charge in [-0.25, -0.2) is 4.79 Å². The lowest BCUT2D eigenvalue weighted by molar-refractivity contribution is -0.135. The van der Waals surface area contributed by atoms with Gasteiger partial charge in [-0.3, -0.25) is 24.0 Å². The number of piperazine rings is 1. The van der Waals surface area contributed by atoms with E-state index in [0.717, 1.165) is 42.7 Å². The Morgan fingerprint density at radius 1 is 1.04 bits per heavy atom. The maximum atomic E-state index is 13.1. The zero-order chi connectivity index (χ0) is 18.7. The molecule has 142 valence electrons. The van der Waals surface area contributed by atoms with Crippen LogP contribution >= 0.6 is 0 Å². The molecule has 0 aliphatic carbocycles. The van der Waals surface area contributed by atoms with Gasteiger partial charge in [-0.2, -0.15) is 0 Å². The van der Waals surface area contributed by atoms with Crippen LogP contribution in [-0.4, -0.2) is 46.1 Å². The number of rotatable bonds is 2. The molecule has 27 heavy (non-hydrogen) atoms. The maximum Gasteiger partial charge on any atom is 0.329 e. The third-order valence-electron chi connectivity index (χ3n) is 6.26. The number of nitrogens with zero attached hydrogens (tertiary/aromatic N) is 3. The van der Waals surface area contributed by atoms with Crippen LogP contribution in [0.4, 0.5) is 5.69 Å². The number of carbonyl (C=O) groups excluding carboxylic acids is 2. The first-order valence-electron chi connectivity index (χ1n) is 9.59. The minimum Gasteiger partial charge on any atom is -0.361 e. The molecule has 1 unspecified atom stereocenters. The fourth-order valence-corrected chi connectivity index (χ4v) is 5.03. The van der Waals surface area contributed by atoms with Crippen molar-refractivity contribution in [2.75, 3.05) is 18.0 Å². The summed E-state index contributed by atoms with van der Waals surface area (Å²) in [5, 5.41) is 5.85. The van der Waals surface area contributed by atoms with Crippen molar-refractivity contribution in [3.8, 4) is 0 Å². The molecule has 3 fully saturated rings. The van der Waals surface area contributed by atoms with E-state index in [4.69, 9.17) is 0 Å². The summed E-state index contributed by atoms with van der Waals surface area (Å²) < 4.78 is 3.21. The summed E-state index contributed by atoms with van der Waals surface area (Å²) in [6.07, 6.45) is 2.90. The monoisotopic (exact) mass is 369 g/mol. The van der Waals surface area contributed by atoms with E-state index in [1.807, 2.05) is 12.1 Å². The van der Waals surface area contributed by atoms with Crippen LogP contribution in [0.1, 0.15) is 31.7 Å². The number of nitrogens with one attached hydrogen (secondary N) is 2. The zero-order valence-electron chi connectivity index (χ0n) is 15.3. The van der Waals surface area contributed by atoms with Crippen LogP contribution in [0.25, 0.3) is 11.0 Å². The minimum atomic E-state index is -0.645. The standard InChI is InChI=1S/C19H23N5O3/c1-22-17-13(23-11-5-6-12(23)10-20-9-11)3-2-4-14(17)24(19(22)27)15-7-8-16(25)21-18(15)26/h2-4,11-12,15,20H,5-10H2,1H3,(H,21,25,26)/t11-,12+,15?. The van der Waals surface area contributed by atoms with Gasteiger partial charge in [-0.1, -0.05) is 6.07 Å². The first kappa shape index (κ1) is 16.6. The summed E-state index contributed by atoms with van der Waals surface area (Å²) in [5.74, 6) is -0.670. The average molecular weight is 369 g/mol. The molecule has 5 rings (SSSR count). The Morgan fingerprint density at radius 3 is 2.48 bits per heavy atom. The SMILES string of the molecule is Cn1c(=O)n(C2CCC(=O)NC2=O)c2cccc(N3[C@@H]4CC[C@H]3CNC4)c21. The van der Waals surface area contributed by atoms with E-state index in [-0.39, 0.29) is 18.0 Å². The maximum absolute atomic E-state index is 13.1. The summed E-state index contributed by atoms with van der Waals surface area (Å²) in [5.41, 5.74) is 2.47. The molecule has 3 aliphatic heterocycles. The van der Waals surface area contributed by atoms with E-state index in [1.165, 1.54) is 0 Å². The smallest absolute Gasteiger partial charge is 0.329 e. The van der Waals surface area contributed by atoms with Crippen molar-refractivity contribution in [1.82, 2.24) is 19.8 Å². The number of para-hydroxylation sites is 1. The van der Waals surface area contributed by atoms with E-state index in [1.54, 1.807) is 16.2 Å². The van der Waals surface area contributed by atoms with Gasteiger partial charge in [0, 0.05) is 38.6 Å².